The van der Waals surface area contributed by atoms with Crippen molar-refractivity contribution in [2.75, 3.05) is 5.32 Å². The van der Waals surface area contributed by atoms with Gasteiger partial charge in [0.15, 0.2) is 0 Å². The van der Waals surface area contributed by atoms with Crippen LogP contribution in [-0.4, -0.2) is 9.97 Å². The Bertz CT molecular complexity index is 981. The van der Waals surface area contributed by atoms with Gasteiger partial charge >= 0.3 is 0 Å². The third-order valence-corrected chi connectivity index (χ3v) is 4.57. The van der Waals surface area contributed by atoms with E-state index in [-0.39, 0.29) is 11.9 Å². The van der Waals surface area contributed by atoms with Crippen molar-refractivity contribution in [2.45, 2.75) is 25.6 Å². The SMILES string of the molecule is N#Cc1ccc(Nc2ncnc3c2C(OCc2ccc(F)cc2)CC3)cc1. The van der Waals surface area contributed by atoms with Gasteiger partial charge in [0.05, 0.1) is 30.0 Å². The maximum atomic E-state index is 13.0. The van der Waals surface area contributed by atoms with Gasteiger partial charge in [0, 0.05) is 11.3 Å². The van der Waals surface area contributed by atoms with E-state index < -0.39 is 0 Å². The monoisotopic (exact) mass is 360 g/mol. The number of benzene rings is 2. The van der Waals surface area contributed by atoms with Crippen molar-refractivity contribution in [1.82, 2.24) is 9.97 Å². The lowest BCUT2D eigenvalue weighted by atomic mass is 10.1. The van der Waals surface area contributed by atoms with Crippen molar-refractivity contribution in [1.29, 1.82) is 5.26 Å². The highest BCUT2D eigenvalue weighted by Crippen LogP contribution is 2.38. The number of fused-ring (bicyclic) bond motifs is 1. The Balaban J connectivity index is 1.52. The van der Waals surface area contributed by atoms with Crippen LogP contribution >= 0.6 is 0 Å². The van der Waals surface area contributed by atoms with Crippen LogP contribution in [0.15, 0.2) is 54.9 Å². The van der Waals surface area contributed by atoms with E-state index in [0.29, 0.717) is 18.0 Å². The van der Waals surface area contributed by atoms with E-state index in [0.717, 1.165) is 35.3 Å². The van der Waals surface area contributed by atoms with Crippen molar-refractivity contribution in [3.63, 3.8) is 0 Å². The standard InChI is InChI=1S/C21H17FN4O/c22-16-5-1-15(2-6-16)12-27-19-10-9-18-20(19)21(25-13-24-18)26-17-7-3-14(11-23)4-8-17/h1-8,13,19H,9-10,12H2,(H,24,25,26). The summed E-state index contributed by atoms with van der Waals surface area (Å²) in [5.41, 5.74) is 4.31. The Kier molecular flexibility index (Phi) is 4.77. The fourth-order valence-corrected chi connectivity index (χ4v) is 3.19. The van der Waals surface area contributed by atoms with Gasteiger partial charge in [-0.2, -0.15) is 5.26 Å². The third kappa shape index (κ3) is 3.78. The van der Waals surface area contributed by atoms with Gasteiger partial charge in [-0.15, -0.1) is 0 Å². The van der Waals surface area contributed by atoms with E-state index in [1.807, 2.05) is 12.1 Å². The molecule has 0 saturated carbocycles. The van der Waals surface area contributed by atoms with Gasteiger partial charge in [-0.3, -0.25) is 0 Å². The summed E-state index contributed by atoms with van der Waals surface area (Å²) in [7, 11) is 0. The summed E-state index contributed by atoms with van der Waals surface area (Å²) in [6.07, 6.45) is 3.09. The van der Waals surface area contributed by atoms with E-state index in [2.05, 4.69) is 21.4 Å². The molecule has 1 aromatic heterocycles. The van der Waals surface area contributed by atoms with Crippen LogP contribution in [0.25, 0.3) is 0 Å². The zero-order valence-corrected chi connectivity index (χ0v) is 14.5. The molecule has 1 aliphatic carbocycles. The first-order chi connectivity index (χ1) is 13.2. The predicted octanol–water partition coefficient (Wildman–Crippen LogP) is 4.44. The minimum Gasteiger partial charge on any atom is -0.369 e. The Morgan fingerprint density at radius 2 is 1.89 bits per heavy atom. The molecular formula is C21H17FN4O. The summed E-state index contributed by atoms with van der Waals surface area (Å²) in [5.74, 6) is 0.457. The van der Waals surface area contributed by atoms with Crippen molar-refractivity contribution in [3.05, 3.63) is 83.1 Å². The lowest BCUT2D eigenvalue weighted by Crippen LogP contribution is -2.06. The zero-order chi connectivity index (χ0) is 18.6. The van der Waals surface area contributed by atoms with Crippen LogP contribution in [0.2, 0.25) is 0 Å². The summed E-state index contributed by atoms with van der Waals surface area (Å²) < 4.78 is 19.1. The van der Waals surface area contributed by atoms with Crippen molar-refractivity contribution in [3.8, 4) is 6.07 Å². The van der Waals surface area contributed by atoms with Crippen LogP contribution in [0.3, 0.4) is 0 Å². The number of ether oxygens (including phenoxy) is 1. The maximum Gasteiger partial charge on any atom is 0.139 e. The molecule has 6 heteroatoms. The number of halogens is 1. The minimum absolute atomic E-state index is 0.118. The number of hydrogen-bond acceptors (Lipinski definition) is 5. The number of nitrogens with one attached hydrogen (secondary N) is 1. The average Bonchev–Trinajstić information content (AvgIpc) is 3.12. The largest absolute Gasteiger partial charge is 0.369 e. The average molecular weight is 360 g/mol. The number of aryl methyl sites for hydroxylation is 1. The van der Waals surface area contributed by atoms with Crippen LogP contribution in [0, 0.1) is 17.1 Å². The van der Waals surface area contributed by atoms with Crippen LogP contribution in [0.4, 0.5) is 15.9 Å². The highest BCUT2D eigenvalue weighted by Gasteiger charge is 2.28. The second-order valence-electron chi connectivity index (χ2n) is 6.36. The smallest absolute Gasteiger partial charge is 0.139 e. The van der Waals surface area contributed by atoms with Gasteiger partial charge in [0.1, 0.15) is 18.0 Å². The molecule has 4 rings (SSSR count). The molecule has 3 aromatic rings. The van der Waals surface area contributed by atoms with Gasteiger partial charge < -0.3 is 10.1 Å². The number of nitrogens with zero attached hydrogens (tertiary/aromatic N) is 3. The summed E-state index contributed by atoms with van der Waals surface area (Å²) in [6, 6.07) is 15.6. The van der Waals surface area contributed by atoms with E-state index in [1.54, 1.807) is 30.6 Å². The van der Waals surface area contributed by atoms with Gasteiger partial charge in [0.2, 0.25) is 0 Å². The van der Waals surface area contributed by atoms with Crippen LogP contribution < -0.4 is 5.32 Å². The molecule has 5 nitrogen and oxygen atoms in total. The Hall–Kier alpha value is -3.30. The summed E-state index contributed by atoms with van der Waals surface area (Å²) in [6.45, 7) is 0.398. The molecule has 1 unspecified atom stereocenters. The van der Waals surface area contributed by atoms with Gasteiger partial charge in [-0.05, 0) is 54.8 Å². The Morgan fingerprint density at radius 3 is 2.63 bits per heavy atom. The van der Waals surface area contributed by atoms with E-state index >= 15 is 0 Å². The molecule has 0 bridgehead atoms. The first-order valence-electron chi connectivity index (χ1n) is 8.70. The topological polar surface area (TPSA) is 70.8 Å². The zero-order valence-electron chi connectivity index (χ0n) is 14.5. The first kappa shape index (κ1) is 17.1. The molecule has 2 aromatic carbocycles. The third-order valence-electron chi connectivity index (χ3n) is 4.57. The molecular weight excluding hydrogens is 343 g/mol. The molecule has 0 amide bonds. The number of hydrogen-bond donors (Lipinski definition) is 1. The van der Waals surface area contributed by atoms with E-state index in [9.17, 15) is 4.39 Å². The normalized spacial score (nSPS) is 15.2. The fraction of sp³-hybridized carbons (Fsp3) is 0.190. The molecule has 0 aliphatic heterocycles. The number of anilines is 2. The highest BCUT2D eigenvalue weighted by molar-refractivity contribution is 5.62. The van der Waals surface area contributed by atoms with Crippen LogP contribution in [-0.2, 0) is 17.8 Å². The fourth-order valence-electron chi connectivity index (χ4n) is 3.19. The molecule has 0 radical (unpaired) electrons. The van der Waals surface area contributed by atoms with Gasteiger partial charge in [-0.25, -0.2) is 14.4 Å². The molecule has 0 fully saturated rings. The second kappa shape index (κ2) is 7.52. The van der Waals surface area contributed by atoms with E-state index in [1.165, 1.54) is 12.1 Å². The molecule has 1 aliphatic rings. The Labute approximate surface area is 156 Å². The quantitative estimate of drug-likeness (QED) is 0.728. The summed E-state index contributed by atoms with van der Waals surface area (Å²) >= 11 is 0. The summed E-state index contributed by atoms with van der Waals surface area (Å²) in [4.78, 5) is 8.77. The molecule has 1 N–H and O–H groups in total. The number of nitriles is 1. The number of rotatable bonds is 5. The first-order valence-corrected chi connectivity index (χ1v) is 8.70. The van der Waals surface area contributed by atoms with Crippen molar-refractivity contribution in [2.24, 2.45) is 0 Å². The lowest BCUT2D eigenvalue weighted by molar-refractivity contribution is 0.0413. The molecule has 134 valence electrons. The minimum atomic E-state index is -0.257. The molecule has 1 atom stereocenters. The molecule has 0 saturated heterocycles. The van der Waals surface area contributed by atoms with E-state index in [4.69, 9.17) is 10.00 Å². The second-order valence-corrected chi connectivity index (χ2v) is 6.36. The lowest BCUT2D eigenvalue weighted by Gasteiger charge is -2.17. The number of aromatic nitrogens is 2. The van der Waals surface area contributed by atoms with Crippen LogP contribution in [0.1, 0.15) is 34.9 Å². The maximum absolute atomic E-state index is 13.0. The van der Waals surface area contributed by atoms with Crippen molar-refractivity contribution >= 4 is 11.5 Å². The molecule has 0 spiro atoms. The van der Waals surface area contributed by atoms with Gasteiger partial charge in [0.25, 0.3) is 0 Å². The molecule has 1 heterocycles. The molecule has 27 heavy (non-hydrogen) atoms. The highest BCUT2D eigenvalue weighted by atomic mass is 19.1. The van der Waals surface area contributed by atoms with Gasteiger partial charge in [-0.1, -0.05) is 12.1 Å². The summed E-state index contributed by atoms with van der Waals surface area (Å²) in [5, 5.41) is 12.2. The Morgan fingerprint density at radius 1 is 1.11 bits per heavy atom. The predicted molar refractivity (Wildman–Crippen MR) is 98.7 cm³/mol. The van der Waals surface area contributed by atoms with Crippen LogP contribution in [0.5, 0.6) is 0 Å². The van der Waals surface area contributed by atoms with Crippen molar-refractivity contribution < 1.29 is 9.13 Å².